The van der Waals surface area contributed by atoms with Gasteiger partial charge in [0.2, 0.25) is 0 Å². The molecule has 3 heteroatoms. The number of hydrogen-bond donors (Lipinski definition) is 2. The second-order valence-electron chi connectivity index (χ2n) is 5.64. The predicted octanol–water partition coefficient (Wildman–Crippen LogP) is 2.64. The molecule has 0 amide bonds. The normalized spacial score (nSPS) is 24.1. The molecular formula is C17H22N2O. The number of hydrazine groups is 1. The maximum atomic E-state index is 5.80. The summed E-state index contributed by atoms with van der Waals surface area (Å²) in [5.41, 5.74) is 4.36. The molecule has 0 radical (unpaired) electrons. The van der Waals surface area contributed by atoms with Gasteiger partial charge >= 0.3 is 0 Å². The minimum absolute atomic E-state index is 0.262. The molecule has 0 bridgehead atoms. The van der Waals surface area contributed by atoms with Crippen LogP contribution >= 0.6 is 0 Å². The summed E-state index contributed by atoms with van der Waals surface area (Å²) in [6.07, 6.45) is 2.31. The van der Waals surface area contributed by atoms with Crippen LogP contribution in [0.1, 0.15) is 18.9 Å². The molecule has 1 heterocycles. The van der Waals surface area contributed by atoms with Gasteiger partial charge in [0.05, 0.1) is 6.10 Å². The van der Waals surface area contributed by atoms with E-state index in [1.807, 2.05) is 0 Å². The highest BCUT2D eigenvalue weighted by molar-refractivity contribution is 5.85. The van der Waals surface area contributed by atoms with Gasteiger partial charge in [-0.05, 0) is 36.1 Å². The third-order valence-corrected chi connectivity index (χ3v) is 4.49. The molecule has 3 unspecified atom stereocenters. The molecule has 1 fully saturated rings. The lowest BCUT2D eigenvalue weighted by Gasteiger charge is -2.25. The first-order valence-corrected chi connectivity index (χ1v) is 7.34. The summed E-state index contributed by atoms with van der Waals surface area (Å²) in [6.45, 7) is 2.99. The molecule has 3 atom stereocenters. The molecule has 1 saturated heterocycles. The summed E-state index contributed by atoms with van der Waals surface area (Å²) in [5, 5.41) is 2.61. The Morgan fingerprint density at radius 2 is 2.05 bits per heavy atom. The quantitative estimate of drug-likeness (QED) is 0.663. The van der Waals surface area contributed by atoms with Crippen LogP contribution in [0.3, 0.4) is 0 Å². The second-order valence-corrected chi connectivity index (χ2v) is 5.64. The van der Waals surface area contributed by atoms with Crippen LogP contribution < -0.4 is 11.3 Å². The van der Waals surface area contributed by atoms with E-state index in [0.29, 0.717) is 5.92 Å². The van der Waals surface area contributed by atoms with Crippen molar-refractivity contribution in [1.82, 2.24) is 5.43 Å². The molecule has 2 aromatic carbocycles. The molecule has 1 aliphatic rings. The van der Waals surface area contributed by atoms with Crippen LogP contribution in [0.2, 0.25) is 0 Å². The first kappa shape index (κ1) is 13.6. The van der Waals surface area contributed by atoms with E-state index in [9.17, 15) is 0 Å². The number of ether oxygens (including phenoxy) is 1. The Labute approximate surface area is 120 Å². The van der Waals surface area contributed by atoms with Gasteiger partial charge in [-0.25, -0.2) is 0 Å². The van der Waals surface area contributed by atoms with Gasteiger partial charge < -0.3 is 4.74 Å². The largest absolute Gasteiger partial charge is 0.378 e. The van der Waals surface area contributed by atoms with Gasteiger partial charge in [0.1, 0.15) is 0 Å². The summed E-state index contributed by atoms with van der Waals surface area (Å²) >= 11 is 0. The van der Waals surface area contributed by atoms with Crippen LogP contribution in [-0.4, -0.2) is 18.8 Å². The van der Waals surface area contributed by atoms with Crippen molar-refractivity contribution in [1.29, 1.82) is 0 Å². The summed E-state index contributed by atoms with van der Waals surface area (Å²) in [4.78, 5) is 0. The zero-order valence-corrected chi connectivity index (χ0v) is 11.9. The topological polar surface area (TPSA) is 47.3 Å². The van der Waals surface area contributed by atoms with Crippen LogP contribution in [0.25, 0.3) is 10.8 Å². The van der Waals surface area contributed by atoms with E-state index < -0.39 is 0 Å². The van der Waals surface area contributed by atoms with Gasteiger partial charge in [-0.3, -0.25) is 11.3 Å². The minimum atomic E-state index is 0.262. The van der Waals surface area contributed by atoms with Crippen molar-refractivity contribution in [2.75, 3.05) is 6.61 Å². The zero-order chi connectivity index (χ0) is 13.9. The zero-order valence-electron chi connectivity index (χ0n) is 11.9. The summed E-state index contributed by atoms with van der Waals surface area (Å²) in [7, 11) is 0. The standard InChI is InChI=1S/C17H22N2O/c1-12-15(9-10-20-12)17(19-18)11-14-7-4-6-13-5-2-3-8-16(13)14/h2-8,12,15,17,19H,9-11,18H2,1H3. The molecule has 0 saturated carbocycles. The predicted molar refractivity (Wildman–Crippen MR) is 82.3 cm³/mol. The highest BCUT2D eigenvalue weighted by atomic mass is 16.5. The molecule has 1 aliphatic heterocycles. The number of nitrogens with two attached hydrogens (primary N) is 1. The van der Waals surface area contributed by atoms with E-state index in [1.54, 1.807) is 0 Å². The van der Waals surface area contributed by atoms with Crippen LogP contribution in [0.5, 0.6) is 0 Å². The van der Waals surface area contributed by atoms with Crippen LogP contribution in [0, 0.1) is 5.92 Å². The van der Waals surface area contributed by atoms with Gasteiger partial charge in [-0.2, -0.15) is 0 Å². The highest BCUT2D eigenvalue weighted by Crippen LogP contribution is 2.27. The highest BCUT2D eigenvalue weighted by Gasteiger charge is 2.31. The van der Waals surface area contributed by atoms with E-state index >= 15 is 0 Å². The molecule has 0 aliphatic carbocycles. The van der Waals surface area contributed by atoms with Crippen molar-refractivity contribution in [3.8, 4) is 0 Å². The number of benzene rings is 2. The Balaban J connectivity index is 1.87. The summed E-state index contributed by atoms with van der Waals surface area (Å²) in [5.74, 6) is 6.29. The van der Waals surface area contributed by atoms with Crippen molar-refractivity contribution in [2.24, 2.45) is 11.8 Å². The van der Waals surface area contributed by atoms with Gasteiger partial charge in [0.15, 0.2) is 0 Å². The molecule has 106 valence electrons. The average Bonchev–Trinajstić information content (AvgIpc) is 2.91. The number of hydrogen-bond acceptors (Lipinski definition) is 3. The molecule has 2 aromatic rings. The van der Waals surface area contributed by atoms with E-state index in [0.717, 1.165) is 19.4 Å². The monoisotopic (exact) mass is 270 g/mol. The Morgan fingerprint density at radius 3 is 2.80 bits per heavy atom. The molecule has 3 rings (SSSR count). The molecule has 20 heavy (non-hydrogen) atoms. The van der Waals surface area contributed by atoms with E-state index in [1.165, 1.54) is 16.3 Å². The smallest absolute Gasteiger partial charge is 0.0591 e. The second kappa shape index (κ2) is 5.92. The summed E-state index contributed by atoms with van der Waals surface area (Å²) < 4.78 is 5.68. The lowest BCUT2D eigenvalue weighted by Crippen LogP contribution is -2.44. The van der Waals surface area contributed by atoms with E-state index in [-0.39, 0.29) is 12.1 Å². The average molecular weight is 270 g/mol. The lowest BCUT2D eigenvalue weighted by molar-refractivity contribution is 0.0954. The first-order valence-electron chi connectivity index (χ1n) is 7.34. The van der Waals surface area contributed by atoms with Crippen LogP contribution in [0.4, 0.5) is 0 Å². The first-order chi connectivity index (χ1) is 9.79. The maximum Gasteiger partial charge on any atom is 0.0591 e. The third kappa shape index (κ3) is 2.57. The Morgan fingerprint density at radius 1 is 1.25 bits per heavy atom. The van der Waals surface area contributed by atoms with E-state index in [4.69, 9.17) is 10.6 Å². The minimum Gasteiger partial charge on any atom is -0.378 e. The Hall–Kier alpha value is -1.42. The third-order valence-electron chi connectivity index (χ3n) is 4.49. The molecule has 3 nitrogen and oxygen atoms in total. The van der Waals surface area contributed by atoms with Gasteiger partial charge in [0.25, 0.3) is 0 Å². The lowest BCUT2D eigenvalue weighted by atomic mass is 9.88. The van der Waals surface area contributed by atoms with Gasteiger partial charge in [-0.1, -0.05) is 42.5 Å². The van der Waals surface area contributed by atoms with Crippen molar-refractivity contribution in [3.63, 3.8) is 0 Å². The fraction of sp³-hybridized carbons (Fsp3) is 0.412. The summed E-state index contributed by atoms with van der Waals surface area (Å²) in [6, 6.07) is 15.3. The maximum absolute atomic E-state index is 5.80. The van der Waals surface area contributed by atoms with Crippen LogP contribution in [-0.2, 0) is 11.2 Å². The number of rotatable bonds is 4. The van der Waals surface area contributed by atoms with Crippen molar-refractivity contribution < 1.29 is 4.74 Å². The van der Waals surface area contributed by atoms with Gasteiger partial charge in [0, 0.05) is 18.6 Å². The van der Waals surface area contributed by atoms with E-state index in [2.05, 4.69) is 54.8 Å². The number of fused-ring (bicyclic) bond motifs is 1. The number of nitrogens with one attached hydrogen (secondary N) is 1. The fourth-order valence-corrected chi connectivity index (χ4v) is 3.32. The molecule has 0 spiro atoms. The van der Waals surface area contributed by atoms with Crippen LogP contribution in [0.15, 0.2) is 42.5 Å². The van der Waals surface area contributed by atoms with Gasteiger partial charge in [-0.15, -0.1) is 0 Å². The molecule has 0 aromatic heterocycles. The Bertz CT molecular complexity index is 579. The Kier molecular flexibility index (Phi) is 4.01. The SMILES string of the molecule is CC1OCCC1C(Cc1cccc2ccccc12)NN. The molecular weight excluding hydrogens is 248 g/mol. The van der Waals surface area contributed by atoms with Crippen molar-refractivity contribution in [2.45, 2.75) is 31.9 Å². The molecule has 3 N–H and O–H groups in total. The fourth-order valence-electron chi connectivity index (χ4n) is 3.32. The van der Waals surface area contributed by atoms with Crippen molar-refractivity contribution in [3.05, 3.63) is 48.0 Å². The van der Waals surface area contributed by atoms with Crippen molar-refractivity contribution >= 4 is 10.8 Å².